The van der Waals surface area contributed by atoms with Gasteiger partial charge in [0.25, 0.3) is 0 Å². The minimum absolute atomic E-state index is 0. The van der Waals surface area contributed by atoms with Crippen molar-refractivity contribution in [3.63, 3.8) is 0 Å². The average Bonchev–Trinajstić information content (AvgIpc) is 3.03. The molecule has 5 nitrogen and oxygen atoms in total. The van der Waals surface area contributed by atoms with Gasteiger partial charge in [-0.15, -0.1) is 37.1 Å². The van der Waals surface area contributed by atoms with Crippen molar-refractivity contribution in [3.05, 3.63) is 24.3 Å². The minimum Gasteiger partial charge on any atom is -0.404 e. The number of nitrogens with two attached hydrogens (primary N) is 1. The number of anilines is 1. The normalized spacial score (nSPS) is 17.0. The maximum atomic E-state index is 12.4. The molecule has 25 heavy (non-hydrogen) atoms. The number of guanidine groups is 1. The zero-order valence-corrected chi connectivity index (χ0v) is 16.4. The third-order valence-electron chi connectivity index (χ3n) is 3.98. The molecule has 0 radical (unpaired) electrons. The van der Waals surface area contributed by atoms with E-state index < -0.39 is 6.36 Å². The summed E-state index contributed by atoms with van der Waals surface area (Å²) >= 11 is 0. The van der Waals surface area contributed by atoms with Gasteiger partial charge in [0.15, 0.2) is 11.7 Å². The summed E-state index contributed by atoms with van der Waals surface area (Å²) in [6, 6.07) is 6.04. The smallest absolute Gasteiger partial charge is 0.404 e. The molecule has 1 saturated heterocycles. The number of hydrogen-bond donors (Lipinski definition) is 2. The van der Waals surface area contributed by atoms with E-state index in [4.69, 9.17) is 5.73 Å². The third-order valence-corrected chi connectivity index (χ3v) is 3.98. The number of nitrogens with one attached hydrogen (secondary N) is 1. The fourth-order valence-electron chi connectivity index (χ4n) is 2.77. The Morgan fingerprint density at radius 3 is 2.56 bits per heavy atom. The Kier molecular flexibility index (Phi) is 8.77. The lowest BCUT2D eigenvalue weighted by atomic mass is 10.2. The largest absolute Gasteiger partial charge is 0.573 e. The van der Waals surface area contributed by atoms with Crippen molar-refractivity contribution in [2.45, 2.75) is 38.6 Å². The standard InChI is InChI=1S/C16H23F3N4O.HI/c1-2-12(23-9-5-6-10-23)11-21-15(20)22-13-7-3-4-8-14(13)24-16(17,18)19;/h3-4,7-8,12H,2,5-6,9-11H2,1H3,(H3,20,21,22);1H. The number of alkyl halides is 3. The Hall–Kier alpha value is -1.23. The van der Waals surface area contributed by atoms with Crippen LogP contribution in [0.15, 0.2) is 29.3 Å². The Balaban J connectivity index is 0.00000312. The van der Waals surface area contributed by atoms with Crippen LogP contribution in [-0.2, 0) is 0 Å². The number of hydrogen-bond acceptors (Lipinski definition) is 3. The predicted octanol–water partition coefficient (Wildman–Crippen LogP) is 3.80. The van der Waals surface area contributed by atoms with Crippen molar-refractivity contribution < 1.29 is 17.9 Å². The van der Waals surface area contributed by atoms with E-state index in [1.807, 2.05) is 0 Å². The van der Waals surface area contributed by atoms with Gasteiger partial charge in [0.05, 0.1) is 12.2 Å². The molecular weight excluding hydrogens is 448 g/mol. The molecule has 1 unspecified atom stereocenters. The number of benzene rings is 1. The fourth-order valence-corrected chi connectivity index (χ4v) is 2.77. The topological polar surface area (TPSA) is 62.9 Å². The van der Waals surface area contributed by atoms with Crippen molar-refractivity contribution in [1.82, 2.24) is 4.90 Å². The molecule has 142 valence electrons. The zero-order valence-electron chi connectivity index (χ0n) is 14.1. The lowest BCUT2D eigenvalue weighted by Crippen LogP contribution is -2.35. The summed E-state index contributed by atoms with van der Waals surface area (Å²) < 4.78 is 41.2. The van der Waals surface area contributed by atoms with Gasteiger partial charge in [-0.25, -0.2) is 0 Å². The van der Waals surface area contributed by atoms with Crippen LogP contribution >= 0.6 is 24.0 Å². The molecule has 2 rings (SSSR count). The Morgan fingerprint density at radius 1 is 1.32 bits per heavy atom. The van der Waals surface area contributed by atoms with E-state index >= 15 is 0 Å². The van der Waals surface area contributed by atoms with Gasteiger partial charge in [0.1, 0.15) is 0 Å². The molecule has 1 aromatic carbocycles. The first-order chi connectivity index (χ1) is 11.4. The summed E-state index contributed by atoms with van der Waals surface area (Å²) in [5.74, 6) is -0.263. The second kappa shape index (κ2) is 10.0. The van der Waals surface area contributed by atoms with E-state index in [2.05, 4.69) is 26.9 Å². The van der Waals surface area contributed by atoms with Gasteiger partial charge in [-0.2, -0.15) is 0 Å². The minimum atomic E-state index is -4.76. The van der Waals surface area contributed by atoms with Gasteiger partial charge in [-0.05, 0) is 44.5 Å². The van der Waals surface area contributed by atoms with Crippen LogP contribution in [0.2, 0.25) is 0 Å². The van der Waals surface area contributed by atoms with Crippen LogP contribution in [0, 0.1) is 0 Å². The molecule has 0 saturated carbocycles. The highest BCUT2D eigenvalue weighted by Crippen LogP contribution is 2.29. The van der Waals surface area contributed by atoms with E-state index in [0.717, 1.165) is 19.5 Å². The number of halogens is 4. The average molecular weight is 472 g/mol. The van der Waals surface area contributed by atoms with Crippen molar-refractivity contribution in [1.29, 1.82) is 0 Å². The van der Waals surface area contributed by atoms with E-state index in [1.165, 1.54) is 31.0 Å². The summed E-state index contributed by atoms with van der Waals surface area (Å²) in [7, 11) is 0. The van der Waals surface area contributed by atoms with E-state index in [9.17, 15) is 13.2 Å². The molecule has 0 aromatic heterocycles. The number of nitrogens with zero attached hydrogens (tertiary/aromatic N) is 2. The molecule has 0 amide bonds. The summed E-state index contributed by atoms with van der Waals surface area (Å²) in [5, 5.41) is 2.69. The molecule has 1 fully saturated rings. The number of ether oxygens (including phenoxy) is 1. The molecule has 1 aliphatic heterocycles. The first-order valence-corrected chi connectivity index (χ1v) is 8.05. The molecule has 0 spiro atoms. The maximum absolute atomic E-state index is 12.4. The quantitative estimate of drug-likeness (QED) is 0.376. The molecule has 1 aromatic rings. The number of para-hydroxylation sites is 2. The zero-order chi connectivity index (χ0) is 17.6. The number of aliphatic imine (C=N–C) groups is 1. The second-order valence-corrected chi connectivity index (χ2v) is 5.70. The number of rotatable bonds is 6. The van der Waals surface area contributed by atoms with E-state index in [1.54, 1.807) is 6.07 Å². The van der Waals surface area contributed by atoms with Gasteiger partial charge in [0.2, 0.25) is 0 Å². The van der Waals surface area contributed by atoms with Crippen LogP contribution in [0.3, 0.4) is 0 Å². The predicted molar refractivity (Wildman–Crippen MR) is 104 cm³/mol. The molecule has 3 N–H and O–H groups in total. The first-order valence-electron chi connectivity index (χ1n) is 8.05. The Labute approximate surface area is 162 Å². The summed E-state index contributed by atoms with van der Waals surface area (Å²) in [4.78, 5) is 6.65. The summed E-state index contributed by atoms with van der Waals surface area (Å²) in [6.45, 7) is 4.72. The van der Waals surface area contributed by atoms with Crippen LogP contribution < -0.4 is 15.8 Å². The van der Waals surface area contributed by atoms with Gasteiger partial charge in [0, 0.05) is 6.04 Å². The van der Waals surface area contributed by atoms with Gasteiger partial charge in [-0.1, -0.05) is 19.1 Å². The summed E-state index contributed by atoms with van der Waals surface area (Å²) in [5.41, 5.74) is 5.95. The second-order valence-electron chi connectivity index (χ2n) is 5.70. The molecule has 0 bridgehead atoms. The van der Waals surface area contributed by atoms with Gasteiger partial charge < -0.3 is 15.8 Å². The van der Waals surface area contributed by atoms with Gasteiger partial charge in [-0.3, -0.25) is 9.89 Å². The van der Waals surface area contributed by atoms with Gasteiger partial charge >= 0.3 is 6.36 Å². The van der Waals surface area contributed by atoms with Crippen LogP contribution in [0.4, 0.5) is 18.9 Å². The van der Waals surface area contributed by atoms with Crippen LogP contribution in [-0.4, -0.2) is 42.9 Å². The van der Waals surface area contributed by atoms with Crippen LogP contribution in [0.1, 0.15) is 26.2 Å². The van der Waals surface area contributed by atoms with E-state index in [-0.39, 0.29) is 41.4 Å². The molecule has 9 heteroatoms. The lowest BCUT2D eigenvalue weighted by Gasteiger charge is -2.24. The Morgan fingerprint density at radius 2 is 1.96 bits per heavy atom. The summed E-state index contributed by atoms with van der Waals surface area (Å²) in [6.07, 6.45) is -1.43. The molecular formula is C16H24F3IN4O. The Bertz CT molecular complexity index is 563. The highest BCUT2D eigenvalue weighted by atomic mass is 127. The molecule has 1 aliphatic rings. The van der Waals surface area contributed by atoms with Crippen LogP contribution in [0.25, 0.3) is 0 Å². The number of likely N-dealkylation sites (tertiary alicyclic amines) is 1. The highest BCUT2D eigenvalue weighted by molar-refractivity contribution is 14.0. The van der Waals surface area contributed by atoms with Crippen molar-refractivity contribution in [2.24, 2.45) is 10.7 Å². The molecule has 1 heterocycles. The van der Waals surface area contributed by atoms with Crippen molar-refractivity contribution >= 4 is 35.6 Å². The molecule has 0 aliphatic carbocycles. The monoisotopic (exact) mass is 472 g/mol. The van der Waals surface area contributed by atoms with E-state index in [0.29, 0.717) is 12.6 Å². The molecule has 1 atom stereocenters. The highest BCUT2D eigenvalue weighted by Gasteiger charge is 2.32. The van der Waals surface area contributed by atoms with Crippen LogP contribution in [0.5, 0.6) is 5.75 Å². The third kappa shape index (κ3) is 7.27. The fraction of sp³-hybridized carbons (Fsp3) is 0.562. The maximum Gasteiger partial charge on any atom is 0.573 e. The van der Waals surface area contributed by atoms with Crippen molar-refractivity contribution in [3.8, 4) is 5.75 Å². The SMILES string of the molecule is CCC(CN=C(N)Nc1ccccc1OC(F)(F)F)N1CCCC1.I. The first kappa shape index (κ1) is 21.8. The lowest BCUT2D eigenvalue weighted by molar-refractivity contribution is -0.274. The van der Waals surface area contributed by atoms with Crippen molar-refractivity contribution in [2.75, 3.05) is 25.0 Å².